The molecule has 1 aliphatic rings. The van der Waals surface area contributed by atoms with Crippen molar-refractivity contribution in [1.29, 1.82) is 0 Å². The van der Waals surface area contributed by atoms with E-state index in [2.05, 4.69) is 37.3 Å². The lowest BCUT2D eigenvalue weighted by atomic mass is 10.1. The van der Waals surface area contributed by atoms with Gasteiger partial charge in [0.2, 0.25) is 5.78 Å². The zero-order chi connectivity index (χ0) is 21.8. The maximum Gasteiger partial charge on any atom is 0.213 e. The molecule has 0 spiro atoms. The van der Waals surface area contributed by atoms with E-state index in [-0.39, 0.29) is 5.78 Å². The molecule has 8 heteroatoms. The highest BCUT2D eigenvalue weighted by Crippen LogP contribution is 2.24. The van der Waals surface area contributed by atoms with Gasteiger partial charge in [-0.3, -0.25) is 9.79 Å². The third kappa shape index (κ3) is 4.59. The largest absolute Gasteiger partial charge is 0.402 e. The van der Waals surface area contributed by atoms with Crippen molar-refractivity contribution in [3.63, 3.8) is 0 Å². The second-order valence-electron chi connectivity index (χ2n) is 7.39. The molecule has 0 aliphatic carbocycles. The Labute approximate surface area is 180 Å². The number of Topliss-reactive ketones (excluding diaryl/α,β-unsaturated/α-hetero) is 1. The first kappa shape index (κ1) is 20.6. The first-order chi connectivity index (χ1) is 15.0. The number of anilines is 3. The lowest BCUT2D eigenvalue weighted by Crippen LogP contribution is -2.36. The Hall–Kier alpha value is -3.65. The van der Waals surface area contributed by atoms with Crippen molar-refractivity contribution in [1.82, 2.24) is 9.97 Å². The summed E-state index contributed by atoms with van der Waals surface area (Å²) in [6.07, 6.45) is 3.23. The van der Waals surface area contributed by atoms with Gasteiger partial charge in [0.25, 0.3) is 0 Å². The van der Waals surface area contributed by atoms with Crippen LogP contribution in [0.1, 0.15) is 17.3 Å². The SMILES string of the molecule is CN=C(C=C(C)N)C(=O)c1c[nH]c2nc(Nc3ccc(N4CCOCC4)cc3)ccc12. The second-order valence-corrected chi connectivity index (χ2v) is 7.39. The smallest absolute Gasteiger partial charge is 0.213 e. The van der Waals surface area contributed by atoms with Crippen LogP contribution in [-0.2, 0) is 4.74 Å². The van der Waals surface area contributed by atoms with Crippen LogP contribution >= 0.6 is 0 Å². The monoisotopic (exact) mass is 418 g/mol. The average Bonchev–Trinajstić information content (AvgIpc) is 3.21. The zero-order valence-corrected chi connectivity index (χ0v) is 17.7. The van der Waals surface area contributed by atoms with E-state index in [4.69, 9.17) is 10.5 Å². The predicted molar refractivity (Wildman–Crippen MR) is 124 cm³/mol. The first-order valence-corrected chi connectivity index (χ1v) is 10.2. The molecule has 0 radical (unpaired) electrons. The van der Waals surface area contributed by atoms with Crippen molar-refractivity contribution in [2.24, 2.45) is 10.7 Å². The summed E-state index contributed by atoms with van der Waals surface area (Å²) in [5.41, 5.74) is 9.81. The lowest BCUT2D eigenvalue weighted by molar-refractivity contribution is 0.106. The number of aromatic nitrogens is 2. The number of fused-ring (bicyclic) bond motifs is 1. The van der Waals surface area contributed by atoms with E-state index >= 15 is 0 Å². The predicted octanol–water partition coefficient (Wildman–Crippen LogP) is 3.26. The van der Waals surface area contributed by atoms with Crippen molar-refractivity contribution in [3.8, 4) is 0 Å². The van der Waals surface area contributed by atoms with Gasteiger partial charge in [0.15, 0.2) is 0 Å². The maximum atomic E-state index is 12.8. The Kier molecular flexibility index (Phi) is 5.99. The van der Waals surface area contributed by atoms with Crippen LogP contribution in [-0.4, -0.2) is 54.8 Å². The molecule has 0 amide bonds. The number of hydrogen-bond acceptors (Lipinski definition) is 7. The Balaban J connectivity index is 1.51. The fourth-order valence-corrected chi connectivity index (χ4v) is 3.57. The number of aromatic amines is 1. The van der Waals surface area contributed by atoms with Crippen LogP contribution in [0.5, 0.6) is 0 Å². The molecule has 1 aliphatic heterocycles. The Morgan fingerprint density at radius 3 is 2.65 bits per heavy atom. The van der Waals surface area contributed by atoms with Crippen LogP contribution in [0.2, 0.25) is 0 Å². The highest BCUT2D eigenvalue weighted by molar-refractivity contribution is 6.51. The van der Waals surface area contributed by atoms with Gasteiger partial charge >= 0.3 is 0 Å². The second kappa shape index (κ2) is 9.01. The number of carbonyl (C=O) groups is 1. The Bertz CT molecular complexity index is 1140. The van der Waals surface area contributed by atoms with Gasteiger partial charge < -0.3 is 25.7 Å². The summed E-state index contributed by atoms with van der Waals surface area (Å²) in [5, 5.41) is 4.05. The van der Waals surface area contributed by atoms with E-state index in [9.17, 15) is 4.79 Å². The lowest BCUT2D eigenvalue weighted by Gasteiger charge is -2.28. The van der Waals surface area contributed by atoms with Crippen molar-refractivity contribution >= 4 is 39.7 Å². The highest BCUT2D eigenvalue weighted by Gasteiger charge is 2.17. The zero-order valence-electron chi connectivity index (χ0n) is 17.7. The van der Waals surface area contributed by atoms with E-state index < -0.39 is 0 Å². The number of benzene rings is 1. The minimum atomic E-state index is -0.195. The number of nitrogens with zero attached hydrogens (tertiary/aromatic N) is 3. The van der Waals surface area contributed by atoms with Crippen LogP contribution in [0.15, 0.2) is 59.4 Å². The molecule has 4 rings (SSSR count). The minimum absolute atomic E-state index is 0.195. The molecular formula is C23H26N6O2. The maximum absolute atomic E-state index is 12.8. The molecular weight excluding hydrogens is 392 g/mol. The number of morpholine rings is 1. The third-order valence-corrected chi connectivity index (χ3v) is 5.14. The number of H-pyrrole nitrogens is 1. The summed E-state index contributed by atoms with van der Waals surface area (Å²) in [4.78, 5) is 26.9. The van der Waals surface area contributed by atoms with Crippen LogP contribution in [0.25, 0.3) is 11.0 Å². The molecule has 2 aromatic heterocycles. The number of carbonyl (C=O) groups excluding carboxylic acids is 1. The first-order valence-electron chi connectivity index (χ1n) is 10.2. The van der Waals surface area contributed by atoms with Gasteiger partial charge in [-0.25, -0.2) is 4.98 Å². The van der Waals surface area contributed by atoms with Gasteiger partial charge in [-0.1, -0.05) is 0 Å². The number of allylic oxidation sites excluding steroid dienone is 2. The number of nitrogens with two attached hydrogens (primary N) is 1. The van der Waals surface area contributed by atoms with E-state index in [1.54, 1.807) is 26.2 Å². The number of ketones is 1. The van der Waals surface area contributed by atoms with Crippen LogP contribution in [0, 0.1) is 0 Å². The number of ether oxygens (including phenoxy) is 1. The molecule has 160 valence electrons. The highest BCUT2D eigenvalue weighted by atomic mass is 16.5. The summed E-state index contributed by atoms with van der Waals surface area (Å²) in [6, 6.07) is 12.0. The van der Waals surface area contributed by atoms with Crippen molar-refractivity contribution in [2.45, 2.75) is 6.92 Å². The van der Waals surface area contributed by atoms with Gasteiger partial charge in [-0.15, -0.1) is 0 Å². The summed E-state index contributed by atoms with van der Waals surface area (Å²) >= 11 is 0. The number of pyridine rings is 1. The van der Waals surface area contributed by atoms with E-state index in [1.165, 1.54) is 5.69 Å². The molecule has 31 heavy (non-hydrogen) atoms. The third-order valence-electron chi connectivity index (χ3n) is 5.14. The molecule has 4 N–H and O–H groups in total. The summed E-state index contributed by atoms with van der Waals surface area (Å²) in [7, 11) is 1.58. The number of nitrogens with one attached hydrogen (secondary N) is 2. The van der Waals surface area contributed by atoms with Gasteiger partial charge in [0, 0.05) is 48.8 Å². The van der Waals surface area contributed by atoms with Gasteiger partial charge in [-0.05, 0) is 49.4 Å². The van der Waals surface area contributed by atoms with Crippen molar-refractivity contribution < 1.29 is 9.53 Å². The fourth-order valence-electron chi connectivity index (χ4n) is 3.57. The standard InChI is InChI=1S/C23H26N6O2/c1-15(24)13-20(25-2)22(30)19-14-26-23-18(19)7-8-21(28-23)27-16-3-5-17(6-4-16)29-9-11-31-12-10-29/h3-8,13-14H,9-12,24H2,1-2H3,(H2,26,27,28). The molecule has 8 nitrogen and oxygen atoms in total. The van der Waals surface area contributed by atoms with Gasteiger partial charge in [-0.2, -0.15) is 0 Å². The topological polar surface area (TPSA) is 109 Å². The normalized spacial score (nSPS) is 15.4. The average molecular weight is 419 g/mol. The van der Waals surface area contributed by atoms with E-state index in [1.807, 2.05) is 24.3 Å². The molecule has 1 saturated heterocycles. The number of hydrogen-bond donors (Lipinski definition) is 3. The fraction of sp³-hybridized carbons (Fsp3) is 0.261. The molecule has 3 heterocycles. The summed E-state index contributed by atoms with van der Waals surface area (Å²) < 4.78 is 5.41. The molecule has 0 saturated carbocycles. The summed E-state index contributed by atoms with van der Waals surface area (Å²) in [5.74, 6) is 0.495. The van der Waals surface area contributed by atoms with Gasteiger partial charge in [0.1, 0.15) is 17.2 Å². The summed E-state index contributed by atoms with van der Waals surface area (Å²) in [6.45, 7) is 5.06. The quantitative estimate of drug-likeness (QED) is 0.419. The molecule has 0 bridgehead atoms. The molecule has 1 fully saturated rings. The number of rotatable bonds is 6. The molecule has 0 atom stereocenters. The van der Waals surface area contributed by atoms with Crippen molar-refractivity contribution in [3.05, 3.63) is 59.9 Å². The minimum Gasteiger partial charge on any atom is -0.402 e. The molecule has 3 aromatic rings. The number of aliphatic imine (C=N–C) groups is 1. The van der Waals surface area contributed by atoms with Gasteiger partial charge in [0.05, 0.1) is 18.8 Å². The van der Waals surface area contributed by atoms with Crippen LogP contribution < -0.4 is 16.0 Å². The van der Waals surface area contributed by atoms with Crippen molar-refractivity contribution in [2.75, 3.05) is 43.6 Å². The van der Waals surface area contributed by atoms with Crippen LogP contribution in [0.3, 0.4) is 0 Å². The Morgan fingerprint density at radius 1 is 1.23 bits per heavy atom. The Morgan fingerprint density at radius 2 is 1.97 bits per heavy atom. The molecule has 1 aromatic carbocycles. The van der Waals surface area contributed by atoms with E-state index in [0.29, 0.717) is 28.4 Å². The molecule has 0 unspecified atom stereocenters. The van der Waals surface area contributed by atoms with E-state index in [0.717, 1.165) is 37.4 Å². The van der Waals surface area contributed by atoms with Crippen LogP contribution in [0.4, 0.5) is 17.2 Å².